The molecule has 0 fully saturated rings. The van der Waals surface area contributed by atoms with Crippen LogP contribution < -0.4 is 20.1 Å². The lowest BCUT2D eigenvalue weighted by Crippen LogP contribution is -2.34. The molecule has 5 nitrogen and oxygen atoms in total. The van der Waals surface area contributed by atoms with Crippen molar-refractivity contribution >= 4 is 6.03 Å². The number of carbonyl (C=O) groups excluding carboxylic acids is 1. The Morgan fingerprint density at radius 3 is 2.60 bits per heavy atom. The van der Waals surface area contributed by atoms with E-state index in [1.165, 1.54) is 0 Å². The standard InChI is InChI=1S/C15H22N2O3/c1-5-6-9-16-15(18)17-11(2)12-7-8-13(19-3)14(10-12)20-4/h6-11H,5H2,1-4H3,(H2,16,17,18)/b9-6+. The van der Waals surface area contributed by atoms with E-state index in [0.29, 0.717) is 11.5 Å². The van der Waals surface area contributed by atoms with Gasteiger partial charge in [-0.3, -0.25) is 0 Å². The van der Waals surface area contributed by atoms with Gasteiger partial charge in [-0.05, 0) is 31.0 Å². The Morgan fingerprint density at radius 1 is 1.30 bits per heavy atom. The SMILES string of the molecule is CC/C=C/NC(=O)NC(C)c1ccc(OC)c(OC)c1. The molecule has 110 valence electrons. The van der Waals surface area contributed by atoms with Gasteiger partial charge in [-0.15, -0.1) is 0 Å². The summed E-state index contributed by atoms with van der Waals surface area (Å²) >= 11 is 0. The van der Waals surface area contributed by atoms with E-state index in [0.717, 1.165) is 12.0 Å². The summed E-state index contributed by atoms with van der Waals surface area (Å²) in [4.78, 5) is 11.6. The zero-order valence-corrected chi connectivity index (χ0v) is 12.4. The zero-order valence-electron chi connectivity index (χ0n) is 12.4. The molecule has 0 aliphatic rings. The smallest absolute Gasteiger partial charge is 0.319 e. The fourth-order valence-corrected chi connectivity index (χ4v) is 1.70. The molecule has 0 bridgehead atoms. The summed E-state index contributed by atoms with van der Waals surface area (Å²) in [6.45, 7) is 3.91. The van der Waals surface area contributed by atoms with Crippen LogP contribution in [0.15, 0.2) is 30.5 Å². The Labute approximate surface area is 120 Å². The molecule has 20 heavy (non-hydrogen) atoms. The predicted molar refractivity (Wildman–Crippen MR) is 79.1 cm³/mol. The highest BCUT2D eigenvalue weighted by Crippen LogP contribution is 2.29. The van der Waals surface area contributed by atoms with Gasteiger partial charge in [0.2, 0.25) is 0 Å². The number of rotatable bonds is 6. The average molecular weight is 278 g/mol. The summed E-state index contributed by atoms with van der Waals surface area (Å²) in [6, 6.07) is 5.20. The van der Waals surface area contributed by atoms with E-state index in [2.05, 4.69) is 10.6 Å². The first-order valence-electron chi connectivity index (χ1n) is 6.56. The fraction of sp³-hybridized carbons (Fsp3) is 0.400. The van der Waals surface area contributed by atoms with Crippen LogP contribution in [-0.2, 0) is 0 Å². The van der Waals surface area contributed by atoms with Crippen molar-refractivity contribution in [2.24, 2.45) is 0 Å². The summed E-state index contributed by atoms with van der Waals surface area (Å²) in [5.74, 6) is 1.31. The molecule has 0 aliphatic carbocycles. The molecule has 1 unspecified atom stereocenters. The van der Waals surface area contributed by atoms with E-state index in [1.807, 2.05) is 38.1 Å². The maximum absolute atomic E-state index is 11.6. The van der Waals surface area contributed by atoms with Crippen LogP contribution in [0.25, 0.3) is 0 Å². The van der Waals surface area contributed by atoms with Gasteiger partial charge in [0.05, 0.1) is 20.3 Å². The van der Waals surface area contributed by atoms with Crippen LogP contribution in [0.4, 0.5) is 4.79 Å². The molecule has 5 heteroatoms. The quantitative estimate of drug-likeness (QED) is 0.841. The molecular formula is C15H22N2O3. The van der Waals surface area contributed by atoms with Crippen molar-refractivity contribution in [1.29, 1.82) is 0 Å². The van der Waals surface area contributed by atoms with Gasteiger partial charge < -0.3 is 20.1 Å². The zero-order chi connectivity index (χ0) is 15.0. The molecule has 0 spiro atoms. The van der Waals surface area contributed by atoms with E-state index in [-0.39, 0.29) is 12.1 Å². The average Bonchev–Trinajstić information content (AvgIpc) is 2.46. The van der Waals surface area contributed by atoms with E-state index >= 15 is 0 Å². The van der Waals surface area contributed by atoms with Crippen molar-refractivity contribution in [2.75, 3.05) is 14.2 Å². The van der Waals surface area contributed by atoms with Gasteiger partial charge in [-0.1, -0.05) is 19.1 Å². The molecule has 1 rings (SSSR count). The Bertz CT molecular complexity index is 472. The second kappa shape index (κ2) is 8.09. The normalized spacial score (nSPS) is 12.0. The number of allylic oxidation sites excluding steroid dienone is 1. The topological polar surface area (TPSA) is 59.6 Å². The first-order valence-corrected chi connectivity index (χ1v) is 6.56. The number of ether oxygens (including phenoxy) is 2. The van der Waals surface area contributed by atoms with Gasteiger partial charge >= 0.3 is 6.03 Å². The third-order valence-corrected chi connectivity index (χ3v) is 2.82. The Kier molecular flexibility index (Phi) is 6.43. The van der Waals surface area contributed by atoms with Crippen LogP contribution in [0, 0.1) is 0 Å². The summed E-state index contributed by atoms with van der Waals surface area (Å²) < 4.78 is 10.4. The van der Waals surface area contributed by atoms with Crippen molar-refractivity contribution in [2.45, 2.75) is 26.3 Å². The van der Waals surface area contributed by atoms with Crippen molar-refractivity contribution < 1.29 is 14.3 Å². The van der Waals surface area contributed by atoms with Gasteiger partial charge in [0.1, 0.15) is 0 Å². The van der Waals surface area contributed by atoms with E-state index in [1.54, 1.807) is 20.4 Å². The fourth-order valence-electron chi connectivity index (χ4n) is 1.70. The second-order valence-corrected chi connectivity index (χ2v) is 4.26. The molecule has 2 amide bonds. The second-order valence-electron chi connectivity index (χ2n) is 4.26. The number of carbonyl (C=O) groups is 1. The van der Waals surface area contributed by atoms with Crippen LogP contribution in [0.3, 0.4) is 0 Å². The summed E-state index contributed by atoms with van der Waals surface area (Å²) in [7, 11) is 3.18. The number of benzene rings is 1. The number of nitrogens with one attached hydrogen (secondary N) is 2. The lowest BCUT2D eigenvalue weighted by Gasteiger charge is -2.16. The van der Waals surface area contributed by atoms with Crippen molar-refractivity contribution in [1.82, 2.24) is 10.6 Å². The Balaban J connectivity index is 2.69. The molecule has 0 heterocycles. The molecule has 0 aromatic heterocycles. The molecule has 2 N–H and O–H groups in total. The highest BCUT2D eigenvalue weighted by atomic mass is 16.5. The summed E-state index contributed by atoms with van der Waals surface area (Å²) in [5, 5.41) is 5.50. The summed E-state index contributed by atoms with van der Waals surface area (Å²) in [5.41, 5.74) is 0.942. The van der Waals surface area contributed by atoms with Crippen LogP contribution >= 0.6 is 0 Å². The highest BCUT2D eigenvalue weighted by Gasteiger charge is 2.11. The maximum atomic E-state index is 11.6. The Hall–Kier alpha value is -2.17. The first-order chi connectivity index (χ1) is 9.62. The lowest BCUT2D eigenvalue weighted by atomic mass is 10.1. The molecule has 1 aromatic rings. The van der Waals surface area contributed by atoms with Gasteiger partial charge in [0, 0.05) is 6.20 Å². The molecule has 1 aromatic carbocycles. The number of amides is 2. The van der Waals surface area contributed by atoms with E-state index < -0.39 is 0 Å². The number of hydrogen-bond donors (Lipinski definition) is 2. The molecule has 1 atom stereocenters. The minimum Gasteiger partial charge on any atom is -0.493 e. The van der Waals surface area contributed by atoms with Crippen LogP contribution in [-0.4, -0.2) is 20.3 Å². The molecule has 0 saturated heterocycles. The summed E-state index contributed by atoms with van der Waals surface area (Å²) in [6.07, 6.45) is 4.39. The van der Waals surface area contributed by atoms with Crippen molar-refractivity contribution in [3.63, 3.8) is 0 Å². The van der Waals surface area contributed by atoms with Crippen LogP contribution in [0.1, 0.15) is 31.9 Å². The highest BCUT2D eigenvalue weighted by molar-refractivity contribution is 5.75. The maximum Gasteiger partial charge on any atom is 0.319 e. The third-order valence-electron chi connectivity index (χ3n) is 2.82. The minimum absolute atomic E-state index is 0.134. The van der Waals surface area contributed by atoms with Gasteiger partial charge in [-0.25, -0.2) is 4.79 Å². The van der Waals surface area contributed by atoms with E-state index in [9.17, 15) is 4.79 Å². The number of urea groups is 1. The predicted octanol–water partition coefficient (Wildman–Crippen LogP) is 2.99. The number of hydrogen-bond acceptors (Lipinski definition) is 3. The van der Waals surface area contributed by atoms with Gasteiger partial charge in [0.25, 0.3) is 0 Å². The molecule has 0 radical (unpaired) electrons. The number of methoxy groups -OCH3 is 2. The van der Waals surface area contributed by atoms with Crippen molar-refractivity contribution in [3.05, 3.63) is 36.0 Å². The molecule has 0 saturated carbocycles. The minimum atomic E-state index is -0.239. The largest absolute Gasteiger partial charge is 0.493 e. The monoisotopic (exact) mass is 278 g/mol. The van der Waals surface area contributed by atoms with Gasteiger partial charge in [-0.2, -0.15) is 0 Å². The molecule has 0 aliphatic heterocycles. The van der Waals surface area contributed by atoms with Crippen LogP contribution in [0.5, 0.6) is 11.5 Å². The Morgan fingerprint density at radius 2 is 2.00 bits per heavy atom. The molecular weight excluding hydrogens is 256 g/mol. The third kappa shape index (κ3) is 4.50. The first kappa shape index (κ1) is 15.9. The van der Waals surface area contributed by atoms with Crippen LogP contribution in [0.2, 0.25) is 0 Å². The van der Waals surface area contributed by atoms with Crippen molar-refractivity contribution in [3.8, 4) is 11.5 Å². The lowest BCUT2D eigenvalue weighted by molar-refractivity contribution is 0.241. The van der Waals surface area contributed by atoms with Gasteiger partial charge in [0.15, 0.2) is 11.5 Å². The van der Waals surface area contributed by atoms with E-state index in [4.69, 9.17) is 9.47 Å².